The van der Waals surface area contributed by atoms with Crippen LogP contribution in [-0.2, 0) is 38.9 Å². The summed E-state index contributed by atoms with van der Waals surface area (Å²) in [6.45, 7) is 2.10. The minimum absolute atomic E-state index is 0.259. The fourth-order valence-electron chi connectivity index (χ4n) is 5.80. The molecule has 4 unspecified atom stereocenters. The lowest BCUT2D eigenvalue weighted by Gasteiger charge is -2.42. The molecule has 3 aliphatic heterocycles. The summed E-state index contributed by atoms with van der Waals surface area (Å²) in [5.74, 6) is -5.22. The Bertz CT molecular complexity index is 1510. The van der Waals surface area contributed by atoms with E-state index in [1.54, 1.807) is 11.3 Å². The van der Waals surface area contributed by atoms with Gasteiger partial charge in [0.15, 0.2) is 5.60 Å². The summed E-state index contributed by atoms with van der Waals surface area (Å²) in [6, 6.07) is 9.44. The summed E-state index contributed by atoms with van der Waals surface area (Å²) in [7, 11) is 4.02. The lowest BCUT2D eigenvalue weighted by atomic mass is 9.84. The molecule has 0 radical (unpaired) electrons. The largest absolute Gasteiger partial charge is 0.466 e. The van der Waals surface area contributed by atoms with E-state index in [1.807, 2.05) is 49.8 Å². The summed E-state index contributed by atoms with van der Waals surface area (Å²) in [4.78, 5) is 44.4. The first kappa shape index (κ1) is 25.6. The number of thiophene rings is 1. The van der Waals surface area contributed by atoms with Crippen LogP contribution in [0.5, 0.6) is 0 Å². The van der Waals surface area contributed by atoms with Gasteiger partial charge in [-0.05, 0) is 61.5 Å². The first-order valence-corrected chi connectivity index (χ1v) is 13.6. The van der Waals surface area contributed by atoms with Gasteiger partial charge in [-0.25, -0.2) is 4.79 Å². The van der Waals surface area contributed by atoms with Crippen molar-refractivity contribution in [3.8, 4) is 0 Å². The Morgan fingerprint density at radius 1 is 1.13 bits per heavy atom. The minimum Gasteiger partial charge on any atom is -0.444 e. The second-order valence-electron chi connectivity index (χ2n) is 10.3. The van der Waals surface area contributed by atoms with Crippen molar-refractivity contribution >= 4 is 45.9 Å². The molecule has 204 valence electrons. The van der Waals surface area contributed by atoms with Crippen LogP contribution in [0.4, 0.5) is 0 Å². The normalized spacial score (nSPS) is 28.9. The van der Waals surface area contributed by atoms with Crippen LogP contribution in [0.25, 0.3) is 16.7 Å². The predicted octanol–water partition coefficient (Wildman–Crippen LogP) is 3.72. The van der Waals surface area contributed by atoms with Gasteiger partial charge in [-0.3, -0.25) is 14.5 Å². The third kappa shape index (κ3) is 3.87. The maximum Gasteiger partial charge on any atom is 0.466 e. The Kier molecular flexibility index (Phi) is 5.87. The van der Waals surface area contributed by atoms with Gasteiger partial charge in [0.25, 0.3) is 0 Å². The van der Waals surface area contributed by atoms with Crippen LogP contribution >= 0.6 is 11.3 Å². The third-order valence-electron chi connectivity index (χ3n) is 7.95. The number of hydrogen-bond donors (Lipinski definition) is 2. The quantitative estimate of drug-likeness (QED) is 0.455. The highest BCUT2D eigenvalue weighted by Gasteiger charge is 2.65. The van der Waals surface area contributed by atoms with Crippen molar-refractivity contribution < 1.29 is 38.4 Å². The molecule has 0 aliphatic carbocycles. The number of hydrogen-bond acceptors (Lipinski definition) is 10. The average molecular weight is 553 g/mol. The second kappa shape index (κ2) is 8.94. The number of carbonyl (C=O) groups is 3. The summed E-state index contributed by atoms with van der Waals surface area (Å²) >= 11 is 1.61. The highest BCUT2D eigenvalue weighted by atomic mass is 32.1. The lowest BCUT2D eigenvalue weighted by Crippen LogP contribution is -2.54. The molecule has 11 heteroatoms. The van der Waals surface area contributed by atoms with Crippen LogP contribution in [0.2, 0.25) is 0 Å². The Hall–Kier alpha value is -3.67. The summed E-state index contributed by atoms with van der Waals surface area (Å²) in [6.07, 6.45) is 0.184. The lowest BCUT2D eigenvalue weighted by molar-refractivity contribution is -0.364. The number of aromatic nitrogens is 1. The third-order valence-corrected chi connectivity index (χ3v) is 8.63. The van der Waals surface area contributed by atoms with Crippen LogP contribution < -0.4 is 0 Å². The molecule has 3 aliphatic rings. The Morgan fingerprint density at radius 2 is 1.90 bits per heavy atom. The van der Waals surface area contributed by atoms with E-state index in [-0.39, 0.29) is 11.3 Å². The van der Waals surface area contributed by atoms with Crippen molar-refractivity contribution in [1.29, 1.82) is 0 Å². The maximum atomic E-state index is 13.1. The number of rotatable bonds is 5. The molecule has 1 spiro atoms. The van der Waals surface area contributed by atoms with E-state index in [0.717, 1.165) is 17.5 Å². The molecule has 1 aromatic carbocycles. The minimum atomic E-state index is -2.45. The van der Waals surface area contributed by atoms with Gasteiger partial charge in [0, 0.05) is 22.0 Å². The summed E-state index contributed by atoms with van der Waals surface area (Å²) in [5.41, 5.74) is 0.0202. The number of aromatic amines is 1. The molecule has 0 amide bonds. The van der Waals surface area contributed by atoms with Gasteiger partial charge in [-0.1, -0.05) is 25.1 Å². The van der Waals surface area contributed by atoms with Crippen LogP contribution in [0.1, 0.15) is 55.5 Å². The monoisotopic (exact) mass is 552 g/mol. The van der Waals surface area contributed by atoms with Crippen molar-refractivity contribution in [3.05, 3.63) is 64.0 Å². The van der Waals surface area contributed by atoms with E-state index in [0.29, 0.717) is 23.1 Å². The van der Waals surface area contributed by atoms with Gasteiger partial charge in [0.05, 0.1) is 18.5 Å². The Balaban J connectivity index is 1.56. The number of H-pyrrole nitrogens is 1. The van der Waals surface area contributed by atoms with Gasteiger partial charge in [0.1, 0.15) is 5.76 Å². The van der Waals surface area contributed by atoms with Crippen LogP contribution in [-0.4, -0.2) is 58.6 Å². The zero-order chi connectivity index (χ0) is 27.6. The molecule has 39 heavy (non-hydrogen) atoms. The van der Waals surface area contributed by atoms with Gasteiger partial charge >= 0.3 is 23.9 Å². The number of benzene rings is 1. The molecule has 0 saturated carbocycles. The number of ether oxygens (including phenoxy) is 4. The number of carbonyl (C=O) groups excluding carboxylic acids is 3. The van der Waals surface area contributed by atoms with Crippen molar-refractivity contribution in [2.45, 2.75) is 55.8 Å². The predicted molar refractivity (Wildman–Crippen MR) is 140 cm³/mol. The van der Waals surface area contributed by atoms with Crippen molar-refractivity contribution in [1.82, 2.24) is 9.88 Å². The first-order valence-electron chi connectivity index (χ1n) is 12.7. The fourth-order valence-corrected chi connectivity index (χ4v) is 6.55. The van der Waals surface area contributed by atoms with Gasteiger partial charge in [-0.15, -0.1) is 0 Å². The molecule has 2 aromatic heterocycles. The zero-order valence-corrected chi connectivity index (χ0v) is 22.5. The van der Waals surface area contributed by atoms with E-state index < -0.39 is 48.4 Å². The van der Waals surface area contributed by atoms with E-state index in [2.05, 4.69) is 28.3 Å². The number of esters is 3. The molecule has 5 heterocycles. The molecule has 2 N–H and O–H groups in total. The summed E-state index contributed by atoms with van der Waals surface area (Å²) in [5, 5.41) is 15.7. The maximum absolute atomic E-state index is 13.1. The smallest absolute Gasteiger partial charge is 0.444 e. The molecule has 10 nitrogen and oxygen atoms in total. The number of nitrogens with zero attached hydrogens (tertiary/aromatic N) is 1. The SMILES string of the molecule is CCC(C/C=C1/OC23OC(=O)CC(O)(CC(=O)OC2c2c1[nH]c1ccccc21)C(=O)O3)(c1ccsc1)N(C)C. The van der Waals surface area contributed by atoms with E-state index in [9.17, 15) is 19.5 Å². The molecular formula is C28H28N2O8S. The number of nitrogens with one attached hydrogen (secondary N) is 1. The number of para-hydroxylation sites is 1. The Morgan fingerprint density at radius 3 is 2.62 bits per heavy atom. The van der Waals surface area contributed by atoms with Crippen LogP contribution in [0, 0.1) is 0 Å². The van der Waals surface area contributed by atoms with Crippen molar-refractivity contribution in [3.63, 3.8) is 0 Å². The van der Waals surface area contributed by atoms with Crippen molar-refractivity contribution in [2.75, 3.05) is 14.1 Å². The first-order chi connectivity index (χ1) is 18.6. The second-order valence-corrected chi connectivity index (χ2v) is 11.1. The molecule has 6 rings (SSSR count). The van der Waals surface area contributed by atoms with Crippen LogP contribution in [0.15, 0.2) is 47.2 Å². The topological polar surface area (TPSA) is 127 Å². The van der Waals surface area contributed by atoms with Crippen LogP contribution in [0.3, 0.4) is 0 Å². The standard InChI is InChI=1S/C28H28N2O8S/c1-4-26(30(2)3,16-10-12-39-15-16)11-9-19-23-22(17-7-5-6-8-18(17)29-23)24-28(36-19)37-21(32)14-27(34,25(33)38-28)13-20(31)35-24/h5-10,12,15,24,29,34H,4,11,13-14H2,1-3H3/b19-9+. The fraction of sp³-hybridized carbons (Fsp3) is 0.393. The highest BCUT2D eigenvalue weighted by Crippen LogP contribution is 2.52. The van der Waals surface area contributed by atoms with E-state index in [1.165, 1.54) is 0 Å². The van der Waals surface area contributed by atoms with E-state index >= 15 is 0 Å². The number of aliphatic hydroxyl groups is 1. The molecule has 2 saturated heterocycles. The highest BCUT2D eigenvalue weighted by molar-refractivity contribution is 7.08. The van der Waals surface area contributed by atoms with Crippen molar-refractivity contribution in [2.24, 2.45) is 0 Å². The Labute approximate surface area is 228 Å². The van der Waals surface area contributed by atoms with Gasteiger partial charge in [-0.2, -0.15) is 11.3 Å². The molecule has 3 aromatic rings. The number of fused-ring (bicyclic) bond motifs is 6. The van der Waals surface area contributed by atoms with Gasteiger partial charge in [0.2, 0.25) is 6.10 Å². The van der Waals surface area contributed by atoms with Gasteiger partial charge < -0.3 is 29.0 Å². The molecular weight excluding hydrogens is 524 g/mol. The van der Waals surface area contributed by atoms with E-state index in [4.69, 9.17) is 18.9 Å². The summed E-state index contributed by atoms with van der Waals surface area (Å²) < 4.78 is 23.2. The molecule has 2 bridgehead atoms. The zero-order valence-electron chi connectivity index (χ0n) is 21.7. The molecule has 4 atom stereocenters. The molecule has 2 fully saturated rings. The average Bonchev–Trinajstić information content (AvgIpc) is 3.53.